The van der Waals surface area contributed by atoms with E-state index in [2.05, 4.69) is 15.6 Å². The second-order valence-electron chi connectivity index (χ2n) is 7.01. The Balaban J connectivity index is 1.56. The number of nitrogens with one attached hydrogen (secondary N) is 2. The molecule has 2 atom stereocenters. The molecule has 0 spiro atoms. The maximum absolute atomic E-state index is 12.8. The van der Waals surface area contributed by atoms with Crippen LogP contribution < -0.4 is 10.6 Å². The van der Waals surface area contributed by atoms with Crippen LogP contribution in [0.3, 0.4) is 0 Å². The van der Waals surface area contributed by atoms with Crippen molar-refractivity contribution in [2.75, 3.05) is 18.4 Å². The number of aromatic nitrogens is 1. The van der Waals surface area contributed by atoms with Crippen LogP contribution in [0, 0.1) is 12.8 Å². The maximum atomic E-state index is 12.8. The highest BCUT2D eigenvalue weighted by Crippen LogP contribution is 2.20. The van der Waals surface area contributed by atoms with Crippen molar-refractivity contribution in [2.24, 2.45) is 5.92 Å². The molecule has 7 nitrogen and oxygen atoms in total. The van der Waals surface area contributed by atoms with Crippen molar-refractivity contribution in [3.63, 3.8) is 0 Å². The number of piperidine rings is 1. The van der Waals surface area contributed by atoms with Gasteiger partial charge in [-0.25, -0.2) is 4.98 Å². The molecule has 8 heteroatoms. The lowest BCUT2D eigenvalue weighted by atomic mass is 9.96. The minimum Gasteiger partial charge on any atom is -0.341 e. The van der Waals surface area contributed by atoms with E-state index < -0.39 is 6.04 Å². The molecule has 2 N–H and O–H groups in total. The second kappa shape index (κ2) is 8.97. The quantitative estimate of drug-likeness (QED) is 0.806. The molecule has 1 aliphatic rings. The van der Waals surface area contributed by atoms with Crippen LogP contribution in [0.25, 0.3) is 0 Å². The van der Waals surface area contributed by atoms with Crippen LogP contribution in [0.5, 0.6) is 0 Å². The number of hydrogen-bond donors (Lipinski definition) is 2. The third-order valence-electron chi connectivity index (χ3n) is 4.76. The zero-order valence-electron chi connectivity index (χ0n) is 16.0. The Morgan fingerprint density at radius 3 is 2.86 bits per heavy atom. The normalized spacial score (nSPS) is 17.6. The number of carbonyl (C=O) groups excluding carboxylic acids is 3. The van der Waals surface area contributed by atoms with Crippen molar-refractivity contribution < 1.29 is 14.4 Å². The number of thiazole rings is 1. The summed E-state index contributed by atoms with van der Waals surface area (Å²) in [5.41, 5.74) is 1.51. The molecule has 28 heavy (non-hydrogen) atoms. The van der Waals surface area contributed by atoms with Gasteiger partial charge in [0.25, 0.3) is 5.91 Å². The number of carbonyl (C=O) groups is 3. The topological polar surface area (TPSA) is 91.4 Å². The molecule has 3 rings (SSSR count). The van der Waals surface area contributed by atoms with Gasteiger partial charge in [-0.15, -0.1) is 11.3 Å². The van der Waals surface area contributed by atoms with Crippen molar-refractivity contribution >= 4 is 34.2 Å². The number of hydrogen-bond acceptors (Lipinski definition) is 5. The van der Waals surface area contributed by atoms with E-state index in [0.29, 0.717) is 23.8 Å². The van der Waals surface area contributed by atoms with Gasteiger partial charge in [-0.05, 0) is 38.8 Å². The molecule has 0 bridgehead atoms. The number of likely N-dealkylation sites (tertiary alicyclic amines) is 1. The van der Waals surface area contributed by atoms with Crippen molar-refractivity contribution in [1.82, 2.24) is 15.2 Å². The molecule has 0 saturated carbocycles. The molecule has 2 aromatic rings. The van der Waals surface area contributed by atoms with E-state index in [4.69, 9.17) is 0 Å². The van der Waals surface area contributed by atoms with Crippen LogP contribution >= 0.6 is 11.3 Å². The fraction of sp³-hybridized carbons (Fsp3) is 0.400. The fourth-order valence-electron chi connectivity index (χ4n) is 3.29. The Morgan fingerprint density at radius 2 is 2.14 bits per heavy atom. The lowest BCUT2D eigenvalue weighted by Crippen LogP contribution is -2.51. The lowest BCUT2D eigenvalue weighted by molar-refractivity contribution is -0.136. The minimum absolute atomic E-state index is 0.121. The second-order valence-corrected chi connectivity index (χ2v) is 7.91. The maximum Gasteiger partial charge on any atom is 0.251 e. The average Bonchev–Trinajstić information content (AvgIpc) is 3.20. The monoisotopic (exact) mass is 400 g/mol. The Hall–Kier alpha value is -2.74. The van der Waals surface area contributed by atoms with Gasteiger partial charge in [-0.2, -0.15) is 0 Å². The number of aryl methyl sites for hydroxylation is 1. The predicted molar refractivity (Wildman–Crippen MR) is 108 cm³/mol. The molecule has 1 aromatic carbocycles. The van der Waals surface area contributed by atoms with Crippen LogP contribution in [0.1, 0.15) is 35.7 Å². The molecule has 148 valence electrons. The Kier molecular flexibility index (Phi) is 6.41. The first-order valence-electron chi connectivity index (χ1n) is 9.30. The van der Waals surface area contributed by atoms with Gasteiger partial charge in [0.2, 0.25) is 11.8 Å². The van der Waals surface area contributed by atoms with Gasteiger partial charge >= 0.3 is 0 Å². The van der Waals surface area contributed by atoms with Crippen LogP contribution in [-0.2, 0) is 9.59 Å². The zero-order chi connectivity index (χ0) is 20.1. The highest BCUT2D eigenvalue weighted by atomic mass is 32.1. The van der Waals surface area contributed by atoms with Crippen LogP contribution in [-0.4, -0.2) is 46.7 Å². The summed E-state index contributed by atoms with van der Waals surface area (Å²) in [4.78, 5) is 43.3. The van der Waals surface area contributed by atoms with Gasteiger partial charge in [0.05, 0.1) is 5.92 Å². The number of rotatable bonds is 5. The van der Waals surface area contributed by atoms with Crippen LogP contribution in [0.4, 0.5) is 5.13 Å². The summed E-state index contributed by atoms with van der Waals surface area (Å²) in [6, 6.07) is 6.57. The summed E-state index contributed by atoms with van der Waals surface area (Å²) in [5, 5.41) is 7.92. The molecule has 0 radical (unpaired) electrons. The highest BCUT2D eigenvalue weighted by molar-refractivity contribution is 7.13. The Labute approximate surface area is 168 Å². The standard InChI is InChI=1S/C20H24N4O3S/c1-13-5-3-6-15(11-13)17(25)22-14(2)19(27)24-9-4-7-16(12-24)18(26)23-20-21-8-10-28-20/h3,5-6,8,10-11,14,16H,4,7,9,12H2,1-2H3,(H,22,25)(H,21,23,26). The molecule has 1 saturated heterocycles. The van der Waals surface area contributed by atoms with Crippen molar-refractivity contribution in [1.29, 1.82) is 0 Å². The summed E-state index contributed by atoms with van der Waals surface area (Å²) in [6.45, 7) is 4.52. The summed E-state index contributed by atoms with van der Waals surface area (Å²) < 4.78 is 0. The van der Waals surface area contributed by atoms with Gasteiger partial charge in [-0.3, -0.25) is 14.4 Å². The van der Waals surface area contributed by atoms with Crippen molar-refractivity contribution in [3.8, 4) is 0 Å². The van der Waals surface area contributed by atoms with Gasteiger partial charge < -0.3 is 15.5 Å². The molecule has 2 heterocycles. The molecule has 0 aliphatic carbocycles. The smallest absolute Gasteiger partial charge is 0.251 e. The third-order valence-corrected chi connectivity index (χ3v) is 5.45. The number of anilines is 1. The predicted octanol–water partition coefficient (Wildman–Crippen LogP) is 2.45. The van der Waals surface area contributed by atoms with E-state index in [0.717, 1.165) is 18.4 Å². The summed E-state index contributed by atoms with van der Waals surface area (Å²) in [7, 11) is 0. The first-order valence-corrected chi connectivity index (χ1v) is 10.2. The largest absolute Gasteiger partial charge is 0.341 e. The lowest BCUT2D eigenvalue weighted by Gasteiger charge is -2.33. The summed E-state index contributed by atoms with van der Waals surface area (Å²) >= 11 is 1.36. The average molecular weight is 401 g/mol. The molecule has 1 fully saturated rings. The zero-order valence-corrected chi connectivity index (χ0v) is 16.8. The summed E-state index contributed by atoms with van der Waals surface area (Å²) in [6.07, 6.45) is 3.11. The van der Waals surface area contributed by atoms with Gasteiger partial charge in [0.1, 0.15) is 6.04 Å². The number of amides is 3. The van der Waals surface area contributed by atoms with Gasteiger partial charge in [-0.1, -0.05) is 17.7 Å². The van der Waals surface area contributed by atoms with E-state index in [1.807, 2.05) is 19.1 Å². The molecule has 2 unspecified atom stereocenters. The number of nitrogens with zero attached hydrogens (tertiary/aromatic N) is 2. The first kappa shape index (κ1) is 20.0. The highest BCUT2D eigenvalue weighted by Gasteiger charge is 2.31. The third kappa shape index (κ3) is 4.95. The summed E-state index contributed by atoms with van der Waals surface area (Å²) in [5.74, 6) is -0.849. The van der Waals surface area contributed by atoms with E-state index in [9.17, 15) is 14.4 Å². The van der Waals surface area contributed by atoms with E-state index >= 15 is 0 Å². The molecular formula is C20H24N4O3S. The van der Waals surface area contributed by atoms with Crippen LogP contribution in [0.2, 0.25) is 0 Å². The first-order chi connectivity index (χ1) is 13.4. The van der Waals surface area contributed by atoms with Gasteiger partial charge in [0, 0.05) is 30.2 Å². The van der Waals surface area contributed by atoms with Crippen molar-refractivity contribution in [2.45, 2.75) is 32.7 Å². The SMILES string of the molecule is Cc1cccc(C(=O)NC(C)C(=O)N2CCCC(C(=O)Nc3nccs3)C2)c1. The minimum atomic E-state index is -0.659. The Bertz CT molecular complexity index is 853. The van der Waals surface area contributed by atoms with Crippen molar-refractivity contribution in [3.05, 3.63) is 47.0 Å². The van der Waals surface area contributed by atoms with Crippen LogP contribution in [0.15, 0.2) is 35.8 Å². The molecular weight excluding hydrogens is 376 g/mol. The molecule has 1 aliphatic heterocycles. The van der Waals surface area contributed by atoms with E-state index in [-0.39, 0.29) is 23.6 Å². The van der Waals surface area contributed by atoms with E-state index in [1.54, 1.807) is 35.5 Å². The van der Waals surface area contributed by atoms with E-state index in [1.165, 1.54) is 11.3 Å². The van der Waals surface area contributed by atoms with Gasteiger partial charge in [0.15, 0.2) is 5.13 Å². The number of benzene rings is 1. The molecule has 3 amide bonds. The Morgan fingerprint density at radius 1 is 1.32 bits per heavy atom. The molecule has 1 aromatic heterocycles. The fourth-order valence-corrected chi connectivity index (χ4v) is 3.82.